The van der Waals surface area contributed by atoms with Gasteiger partial charge >= 0.3 is 5.97 Å². The van der Waals surface area contributed by atoms with Gasteiger partial charge in [-0.1, -0.05) is 24.3 Å². The van der Waals surface area contributed by atoms with Gasteiger partial charge in [-0.25, -0.2) is 0 Å². The smallest absolute Gasteiger partial charge is 0.305 e. The third-order valence-corrected chi connectivity index (χ3v) is 2.95. The third kappa shape index (κ3) is 7.04. The second-order valence-corrected chi connectivity index (χ2v) is 5.20. The number of hydrogen-bond acceptors (Lipinski definition) is 4. The molecule has 3 N–H and O–H groups in total. The van der Waals surface area contributed by atoms with Gasteiger partial charge in [0.1, 0.15) is 0 Å². The van der Waals surface area contributed by atoms with Gasteiger partial charge in [-0.05, 0) is 31.4 Å². The van der Waals surface area contributed by atoms with Gasteiger partial charge in [0.2, 0.25) is 0 Å². The molecule has 0 aliphatic carbocycles. The summed E-state index contributed by atoms with van der Waals surface area (Å²) in [7, 11) is 0. The largest absolute Gasteiger partial charge is 0.481 e. The van der Waals surface area contributed by atoms with Crippen LogP contribution in [0.3, 0.4) is 0 Å². The number of carbonyl (C=O) groups is 1. The topological polar surface area (TPSA) is 84.9 Å². The molecule has 0 radical (unpaired) electrons. The molecule has 0 aliphatic rings. The molecule has 0 spiro atoms. The number of aliphatic carboxylic acids is 1. The number of rotatable bonds is 9. The first-order chi connectivity index (χ1) is 10.5. The highest BCUT2D eigenvalue weighted by Crippen LogP contribution is 2.14. The summed E-state index contributed by atoms with van der Waals surface area (Å²) in [5.41, 5.74) is 8.68. The van der Waals surface area contributed by atoms with Crippen molar-refractivity contribution in [2.75, 3.05) is 13.2 Å². The Morgan fingerprint density at radius 2 is 2.18 bits per heavy atom. The molecule has 5 heteroatoms. The maximum atomic E-state index is 10.4. The zero-order chi connectivity index (χ0) is 16.4. The summed E-state index contributed by atoms with van der Waals surface area (Å²) in [6.45, 7) is 4.76. The summed E-state index contributed by atoms with van der Waals surface area (Å²) in [5, 5.41) is 8.53. The lowest BCUT2D eigenvalue weighted by molar-refractivity contribution is -0.138. The fourth-order valence-corrected chi connectivity index (χ4v) is 1.80. The Bertz CT molecular complexity index is 536. The maximum Gasteiger partial charge on any atom is 0.305 e. The van der Waals surface area contributed by atoms with Crippen LogP contribution in [0.15, 0.2) is 35.5 Å². The minimum absolute atomic E-state index is 0.0335. The molecule has 0 aliphatic heterocycles. The van der Waals surface area contributed by atoms with Gasteiger partial charge in [0, 0.05) is 24.0 Å². The van der Waals surface area contributed by atoms with E-state index >= 15 is 0 Å². The molecular formula is C17H24N2O3. The van der Waals surface area contributed by atoms with Crippen LogP contribution in [0.1, 0.15) is 31.4 Å². The molecule has 0 bridgehead atoms. The van der Waals surface area contributed by atoms with E-state index in [1.807, 2.05) is 38.1 Å². The average molecular weight is 304 g/mol. The quantitative estimate of drug-likeness (QED) is 0.542. The molecular weight excluding hydrogens is 280 g/mol. The lowest BCUT2D eigenvalue weighted by Crippen LogP contribution is -2.05. The Balaban J connectivity index is 2.59. The molecule has 22 heavy (non-hydrogen) atoms. The van der Waals surface area contributed by atoms with Gasteiger partial charge in [0.15, 0.2) is 0 Å². The third-order valence-electron chi connectivity index (χ3n) is 2.95. The van der Waals surface area contributed by atoms with Crippen molar-refractivity contribution in [3.63, 3.8) is 0 Å². The number of carboxylic acid groups (broad SMARTS) is 1. The lowest BCUT2D eigenvalue weighted by Gasteiger charge is -2.07. The predicted octanol–water partition coefficient (Wildman–Crippen LogP) is 2.50. The molecule has 0 fully saturated rings. The van der Waals surface area contributed by atoms with Gasteiger partial charge in [0.05, 0.1) is 19.6 Å². The number of nitrogens with two attached hydrogens (primary N) is 1. The van der Waals surface area contributed by atoms with Crippen LogP contribution in [0.2, 0.25) is 0 Å². The number of aliphatic imine (C=N–C) groups is 1. The zero-order valence-electron chi connectivity index (χ0n) is 13.2. The highest BCUT2D eigenvalue weighted by molar-refractivity contribution is 6.09. The second kappa shape index (κ2) is 9.73. The highest BCUT2D eigenvalue weighted by Gasteiger charge is 2.02. The number of carboxylic acids is 1. The Kier molecular flexibility index (Phi) is 7.92. The monoisotopic (exact) mass is 304 g/mol. The number of ether oxygens (including phenoxy) is 1. The van der Waals surface area contributed by atoms with E-state index in [0.29, 0.717) is 6.61 Å². The van der Waals surface area contributed by atoms with Crippen molar-refractivity contribution in [3.05, 3.63) is 41.6 Å². The predicted molar refractivity (Wildman–Crippen MR) is 89.0 cm³/mol. The van der Waals surface area contributed by atoms with Gasteiger partial charge in [0.25, 0.3) is 0 Å². The van der Waals surface area contributed by atoms with Gasteiger partial charge < -0.3 is 15.6 Å². The van der Waals surface area contributed by atoms with Crippen LogP contribution in [0.5, 0.6) is 0 Å². The van der Waals surface area contributed by atoms with Crippen LogP contribution in [0.4, 0.5) is 0 Å². The zero-order valence-corrected chi connectivity index (χ0v) is 13.2. The standard InChI is InChI=1S/C17H24N2O3/c1-13(2)19-12-16(11-18)15-5-3-4-14(10-15)6-8-22-9-7-17(20)21/h3-5,10-13H,6-9,18H2,1-2H3,(H,20,21). The molecule has 1 rings (SSSR count). The van der Waals surface area contributed by atoms with Crippen molar-refractivity contribution >= 4 is 17.8 Å². The Morgan fingerprint density at radius 1 is 1.41 bits per heavy atom. The van der Waals surface area contributed by atoms with Crippen molar-refractivity contribution < 1.29 is 14.6 Å². The van der Waals surface area contributed by atoms with Crippen LogP contribution in [-0.4, -0.2) is 36.5 Å². The summed E-state index contributed by atoms with van der Waals surface area (Å²) >= 11 is 0. The van der Waals surface area contributed by atoms with Crippen LogP contribution >= 0.6 is 0 Å². The number of allylic oxidation sites excluding steroid dienone is 1. The molecule has 120 valence electrons. The van der Waals surface area contributed by atoms with E-state index in [9.17, 15) is 4.79 Å². The van der Waals surface area contributed by atoms with Crippen LogP contribution < -0.4 is 5.73 Å². The fraction of sp³-hybridized carbons (Fsp3) is 0.412. The van der Waals surface area contributed by atoms with Crippen molar-refractivity contribution in [2.24, 2.45) is 10.7 Å². The average Bonchev–Trinajstić information content (AvgIpc) is 2.47. The second-order valence-electron chi connectivity index (χ2n) is 5.20. The first kappa shape index (κ1) is 17.9. The van der Waals surface area contributed by atoms with Crippen molar-refractivity contribution in [2.45, 2.75) is 32.7 Å². The highest BCUT2D eigenvalue weighted by atomic mass is 16.5. The minimum atomic E-state index is -0.843. The summed E-state index contributed by atoms with van der Waals surface area (Å²) in [4.78, 5) is 14.7. The van der Waals surface area contributed by atoms with E-state index in [2.05, 4.69) is 4.99 Å². The number of nitrogens with zero attached hydrogens (tertiary/aromatic N) is 1. The molecule has 0 saturated heterocycles. The summed E-state index contributed by atoms with van der Waals surface area (Å²) in [5.74, 6) is -0.843. The first-order valence-electron chi connectivity index (χ1n) is 7.37. The molecule has 1 aromatic carbocycles. The van der Waals surface area contributed by atoms with E-state index in [1.165, 1.54) is 0 Å². The Morgan fingerprint density at radius 3 is 2.82 bits per heavy atom. The summed E-state index contributed by atoms with van der Waals surface area (Å²) < 4.78 is 5.31. The SMILES string of the molecule is CC(C)N=CC(=CN)c1cccc(CCOCCC(=O)O)c1. The lowest BCUT2D eigenvalue weighted by atomic mass is 10.0. The Labute approximate surface area is 131 Å². The van der Waals surface area contributed by atoms with Gasteiger partial charge in [-0.3, -0.25) is 9.79 Å². The molecule has 0 atom stereocenters. The van der Waals surface area contributed by atoms with E-state index in [4.69, 9.17) is 15.6 Å². The van der Waals surface area contributed by atoms with Crippen molar-refractivity contribution in [1.82, 2.24) is 0 Å². The van der Waals surface area contributed by atoms with Gasteiger partial charge in [-0.15, -0.1) is 0 Å². The fourth-order valence-electron chi connectivity index (χ4n) is 1.80. The van der Waals surface area contributed by atoms with E-state index in [1.54, 1.807) is 12.4 Å². The first-order valence-corrected chi connectivity index (χ1v) is 7.37. The van der Waals surface area contributed by atoms with Crippen molar-refractivity contribution in [1.29, 1.82) is 0 Å². The number of hydrogen-bond donors (Lipinski definition) is 2. The minimum Gasteiger partial charge on any atom is -0.481 e. The van der Waals surface area contributed by atoms with Gasteiger partial charge in [-0.2, -0.15) is 0 Å². The summed E-state index contributed by atoms with van der Waals surface area (Å²) in [6, 6.07) is 8.23. The number of benzene rings is 1. The molecule has 0 heterocycles. The maximum absolute atomic E-state index is 10.4. The molecule has 0 unspecified atom stereocenters. The molecule has 5 nitrogen and oxygen atoms in total. The molecule has 0 saturated carbocycles. The summed E-state index contributed by atoms with van der Waals surface area (Å²) in [6.07, 6.45) is 4.10. The molecule has 0 amide bonds. The van der Waals surface area contributed by atoms with E-state index < -0.39 is 5.97 Å². The van der Waals surface area contributed by atoms with Crippen LogP contribution in [-0.2, 0) is 16.0 Å². The van der Waals surface area contributed by atoms with E-state index in [-0.39, 0.29) is 19.1 Å². The van der Waals surface area contributed by atoms with Crippen LogP contribution in [0.25, 0.3) is 5.57 Å². The molecule has 1 aromatic rings. The Hall–Kier alpha value is -2.14. The van der Waals surface area contributed by atoms with Crippen LogP contribution in [0, 0.1) is 0 Å². The van der Waals surface area contributed by atoms with E-state index in [0.717, 1.165) is 23.1 Å². The van der Waals surface area contributed by atoms with Crippen molar-refractivity contribution in [3.8, 4) is 0 Å². The molecule has 0 aromatic heterocycles. The normalized spacial score (nSPS) is 12.2.